The highest BCUT2D eigenvalue weighted by Gasteiger charge is 2.16. The molecule has 30 heavy (non-hydrogen) atoms. The SMILES string of the molecule is CCn1c(Cc2ccc(Cl)cc2)nnc1SCC(=O)Nc1ccc(Cl)c([N+](=O)[O-])c1. The van der Waals surface area contributed by atoms with E-state index in [1.54, 1.807) is 0 Å². The van der Waals surface area contributed by atoms with Gasteiger partial charge in [0.2, 0.25) is 5.91 Å². The van der Waals surface area contributed by atoms with Gasteiger partial charge >= 0.3 is 0 Å². The Morgan fingerprint density at radius 3 is 2.60 bits per heavy atom. The molecule has 2 aromatic carbocycles. The number of halogens is 2. The summed E-state index contributed by atoms with van der Waals surface area (Å²) in [6.45, 7) is 2.63. The molecule has 11 heteroatoms. The summed E-state index contributed by atoms with van der Waals surface area (Å²) < 4.78 is 1.94. The Morgan fingerprint density at radius 1 is 1.20 bits per heavy atom. The number of nitrogens with zero attached hydrogens (tertiary/aromatic N) is 4. The van der Waals surface area contributed by atoms with Crippen molar-refractivity contribution in [3.8, 4) is 0 Å². The van der Waals surface area contributed by atoms with Gasteiger partial charge in [-0.2, -0.15) is 0 Å². The Kier molecular flexibility index (Phi) is 7.30. The van der Waals surface area contributed by atoms with Gasteiger partial charge < -0.3 is 9.88 Å². The third kappa shape index (κ3) is 5.50. The molecule has 0 unspecified atom stereocenters. The largest absolute Gasteiger partial charge is 0.325 e. The van der Waals surface area contributed by atoms with Crippen LogP contribution < -0.4 is 5.32 Å². The normalized spacial score (nSPS) is 10.8. The third-order valence-corrected chi connectivity index (χ3v) is 5.68. The van der Waals surface area contributed by atoms with Crippen molar-refractivity contribution in [2.75, 3.05) is 11.1 Å². The third-order valence-electron chi connectivity index (χ3n) is 4.14. The van der Waals surface area contributed by atoms with E-state index in [0.29, 0.717) is 28.8 Å². The number of hydrogen-bond donors (Lipinski definition) is 1. The second-order valence-corrected chi connectivity index (χ2v) is 7.99. The molecule has 3 aromatic rings. The molecular formula is C19H17Cl2N5O3S. The van der Waals surface area contributed by atoms with Crippen LogP contribution in [0.25, 0.3) is 0 Å². The van der Waals surface area contributed by atoms with Crippen molar-refractivity contribution in [3.05, 3.63) is 74.0 Å². The average molecular weight is 466 g/mol. The van der Waals surface area contributed by atoms with Gasteiger partial charge in [0.05, 0.1) is 10.7 Å². The summed E-state index contributed by atoms with van der Waals surface area (Å²) in [4.78, 5) is 22.6. The zero-order valence-corrected chi connectivity index (χ0v) is 18.2. The lowest BCUT2D eigenvalue weighted by Gasteiger charge is -2.08. The minimum absolute atomic E-state index is 0.0108. The number of carbonyl (C=O) groups excluding carboxylic acids is 1. The van der Waals surface area contributed by atoms with Crippen molar-refractivity contribution in [1.82, 2.24) is 14.8 Å². The van der Waals surface area contributed by atoms with Gasteiger partial charge in [-0.05, 0) is 36.8 Å². The van der Waals surface area contributed by atoms with Gasteiger partial charge in [-0.3, -0.25) is 14.9 Å². The first-order valence-electron chi connectivity index (χ1n) is 8.90. The number of benzene rings is 2. The fourth-order valence-corrected chi connectivity index (χ4v) is 3.85. The fourth-order valence-electron chi connectivity index (χ4n) is 2.72. The number of anilines is 1. The minimum Gasteiger partial charge on any atom is -0.325 e. The van der Waals surface area contributed by atoms with Gasteiger partial charge in [0.1, 0.15) is 10.8 Å². The zero-order valence-electron chi connectivity index (χ0n) is 15.8. The second kappa shape index (κ2) is 9.92. The molecule has 0 atom stereocenters. The second-order valence-electron chi connectivity index (χ2n) is 6.21. The molecule has 0 bridgehead atoms. The van der Waals surface area contributed by atoms with Crippen LogP contribution in [0.3, 0.4) is 0 Å². The smallest absolute Gasteiger partial charge is 0.289 e. The number of carbonyl (C=O) groups is 1. The Hall–Kier alpha value is -2.62. The molecule has 1 heterocycles. The number of nitro benzene ring substituents is 1. The first-order chi connectivity index (χ1) is 14.4. The van der Waals surface area contributed by atoms with E-state index >= 15 is 0 Å². The molecule has 0 saturated carbocycles. The lowest BCUT2D eigenvalue weighted by atomic mass is 10.1. The van der Waals surface area contributed by atoms with Crippen molar-refractivity contribution in [2.24, 2.45) is 0 Å². The van der Waals surface area contributed by atoms with E-state index in [1.165, 1.54) is 30.0 Å². The Balaban J connectivity index is 1.63. The van der Waals surface area contributed by atoms with E-state index in [2.05, 4.69) is 15.5 Å². The van der Waals surface area contributed by atoms with E-state index in [0.717, 1.165) is 11.4 Å². The van der Waals surface area contributed by atoms with Crippen molar-refractivity contribution < 1.29 is 9.72 Å². The van der Waals surface area contributed by atoms with Crippen molar-refractivity contribution in [3.63, 3.8) is 0 Å². The summed E-state index contributed by atoms with van der Waals surface area (Å²) in [5.74, 6) is 0.549. The minimum atomic E-state index is -0.599. The molecule has 0 fully saturated rings. The van der Waals surface area contributed by atoms with Crippen LogP contribution in [0.4, 0.5) is 11.4 Å². The van der Waals surface area contributed by atoms with E-state index < -0.39 is 4.92 Å². The van der Waals surface area contributed by atoms with E-state index in [-0.39, 0.29) is 22.4 Å². The van der Waals surface area contributed by atoms with E-state index in [9.17, 15) is 14.9 Å². The van der Waals surface area contributed by atoms with Crippen LogP contribution in [0.2, 0.25) is 10.0 Å². The first-order valence-corrected chi connectivity index (χ1v) is 10.6. The van der Waals surface area contributed by atoms with Crippen molar-refractivity contribution in [2.45, 2.75) is 25.0 Å². The quantitative estimate of drug-likeness (QED) is 0.290. The maximum absolute atomic E-state index is 12.3. The monoisotopic (exact) mass is 465 g/mol. The molecule has 1 N–H and O–H groups in total. The summed E-state index contributed by atoms with van der Waals surface area (Å²) >= 11 is 13.0. The number of nitro groups is 1. The molecule has 0 aliphatic carbocycles. The highest BCUT2D eigenvalue weighted by molar-refractivity contribution is 7.99. The summed E-state index contributed by atoms with van der Waals surface area (Å²) in [6, 6.07) is 11.6. The van der Waals surface area contributed by atoms with Crippen LogP contribution >= 0.6 is 35.0 Å². The summed E-state index contributed by atoms with van der Waals surface area (Å²) in [5.41, 5.74) is 1.09. The number of amides is 1. The van der Waals surface area contributed by atoms with Gasteiger partial charge in [0, 0.05) is 29.7 Å². The molecule has 1 amide bonds. The Bertz CT molecular complexity index is 1070. The molecule has 0 radical (unpaired) electrons. The van der Waals surface area contributed by atoms with Crippen LogP contribution in [0.15, 0.2) is 47.6 Å². The number of nitrogens with one attached hydrogen (secondary N) is 1. The Morgan fingerprint density at radius 2 is 1.93 bits per heavy atom. The van der Waals surface area contributed by atoms with Gasteiger partial charge in [-0.1, -0.05) is 47.1 Å². The zero-order chi connectivity index (χ0) is 21.7. The topological polar surface area (TPSA) is 103 Å². The summed E-state index contributed by atoms with van der Waals surface area (Å²) in [6.07, 6.45) is 0.596. The number of thioether (sulfide) groups is 1. The van der Waals surface area contributed by atoms with Gasteiger partial charge in [-0.15, -0.1) is 10.2 Å². The first kappa shape index (κ1) is 22.1. The summed E-state index contributed by atoms with van der Waals surface area (Å²) in [5, 5.41) is 23.3. The number of aromatic nitrogens is 3. The standard InChI is InChI=1S/C19H17Cl2N5O3S/c1-2-25-17(9-12-3-5-13(20)6-4-12)23-24-19(25)30-11-18(27)22-14-7-8-15(21)16(10-14)26(28)29/h3-8,10H,2,9,11H2,1H3,(H,22,27). The Labute approximate surface area is 186 Å². The van der Waals surface area contributed by atoms with Crippen LogP contribution in [-0.4, -0.2) is 31.3 Å². The molecule has 0 aliphatic heterocycles. The predicted octanol–water partition coefficient (Wildman–Crippen LogP) is 4.83. The lowest BCUT2D eigenvalue weighted by molar-refractivity contribution is -0.384. The highest BCUT2D eigenvalue weighted by Crippen LogP contribution is 2.27. The molecule has 3 rings (SSSR count). The fraction of sp³-hybridized carbons (Fsp3) is 0.211. The van der Waals surface area contributed by atoms with E-state index in [1.807, 2.05) is 35.8 Å². The van der Waals surface area contributed by atoms with Crippen LogP contribution in [-0.2, 0) is 17.8 Å². The van der Waals surface area contributed by atoms with Gasteiger partial charge in [0.25, 0.3) is 5.69 Å². The van der Waals surface area contributed by atoms with Crippen LogP contribution in [0, 0.1) is 10.1 Å². The van der Waals surface area contributed by atoms with Crippen LogP contribution in [0.5, 0.6) is 0 Å². The molecule has 1 aromatic heterocycles. The molecule has 8 nitrogen and oxygen atoms in total. The molecule has 0 saturated heterocycles. The number of hydrogen-bond acceptors (Lipinski definition) is 6. The molecule has 156 valence electrons. The highest BCUT2D eigenvalue weighted by atomic mass is 35.5. The van der Waals surface area contributed by atoms with Crippen LogP contribution in [0.1, 0.15) is 18.3 Å². The van der Waals surface area contributed by atoms with Crippen molar-refractivity contribution >= 4 is 52.2 Å². The van der Waals surface area contributed by atoms with Crippen molar-refractivity contribution in [1.29, 1.82) is 0 Å². The maximum Gasteiger partial charge on any atom is 0.289 e. The van der Waals surface area contributed by atoms with Gasteiger partial charge in [-0.25, -0.2) is 0 Å². The average Bonchev–Trinajstić information content (AvgIpc) is 3.10. The predicted molar refractivity (Wildman–Crippen MR) is 117 cm³/mol. The maximum atomic E-state index is 12.3. The number of rotatable bonds is 8. The molecular weight excluding hydrogens is 449 g/mol. The lowest BCUT2D eigenvalue weighted by Crippen LogP contribution is -2.15. The molecule has 0 spiro atoms. The summed E-state index contributed by atoms with van der Waals surface area (Å²) in [7, 11) is 0. The molecule has 0 aliphatic rings. The van der Waals surface area contributed by atoms with Gasteiger partial charge in [0.15, 0.2) is 5.16 Å². The van der Waals surface area contributed by atoms with E-state index in [4.69, 9.17) is 23.2 Å².